The van der Waals surface area contributed by atoms with E-state index in [2.05, 4.69) is 39.5 Å². The number of halogens is 1. The van der Waals surface area contributed by atoms with Gasteiger partial charge in [0.25, 0.3) is 5.89 Å². The lowest BCUT2D eigenvalue weighted by molar-refractivity contribution is -0.153. The Bertz CT molecular complexity index is 1330. The molecule has 8 nitrogen and oxygen atoms in total. The molecular weight excluding hydrogens is 492 g/mol. The summed E-state index contributed by atoms with van der Waals surface area (Å²) < 4.78 is 16.3. The number of alkyl halides is 1. The highest BCUT2D eigenvalue weighted by Gasteiger charge is 2.25. The molecule has 2 atom stereocenters. The monoisotopic (exact) mass is 522 g/mol. The maximum absolute atomic E-state index is 12.0. The van der Waals surface area contributed by atoms with E-state index in [0.717, 1.165) is 22.3 Å². The zero-order valence-electron chi connectivity index (χ0n) is 21.6. The molecule has 0 spiro atoms. The Morgan fingerprint density at radius 3 is 2.65 bits per heavy atom. The Balaban J connectivity index is 1.48. The highest BCUT2D eigenvalue weighted by atomic mass is 35.5. The summed E-state index contributed by atoms with van der Waals surface area (Å²) in [7, 11) is 1.67. The fraction of sp³-hybridized carbons (Fsp3) is 0.357. The third kappa shape index (κ3) is 6.71. The quantitative estimate of drug-likeness (QED) is 0.321. The van der Waals surface area contributed by atoms with Crippen molar-refractivity contribution in [2.24, 2.45) is 4.99 Å². The van der Waals surface area contributed by atoms with Gasteiger partial charge >= 0.3 is 5.97 Å². The summed E-state index contributed by atoms with van der Waals surface area (Å²) >= 11 is 6.51. The predicted octanol–water partition coefficient (Wildman–Crippen LogP) is 5.19. The van der Waals surface area contributed by atoms with E-state index < -0.39 is 17.1 Å². The van der Waals surface area contributed by atoms with E-state index in [1.54, 1.807) is 19.4 Å². The molecular formula is C28H31ClN4O4. The molecule has 0 aliphatic carbocycles. The fourth-order valence-electron chi connectivity index (χ4n) is 4.01. The van der Waals surface area contributed by atoms with Crippen molar-refractivity contribution in [2.75, 3.05) is 13.7 Å². The van der Waals surface area contributed by atoms with Crippen LogP contribution in [0.2, 0.25) is 0 Å². The molecule has 0 saturated heterocycles. The number of nitrogens with zero attached hydrogens (tertiary/aromatic N) is 3. The summed E-state index contributed by atoms with van der Waals surface area (Å²) in [5, 5.41) is 6.63. The van der Waals surface area contributed by atoms with Gasteiger partial charge in [0.15, 0.2) is 0 Å². The van der Waals surface area contributed by atoms with E-state index in [9.17, 15) is 4.79 Å². The number of aliphatic imine (C=N–C) groups is 1. The number of benzene rings is 2. The van der Waals surface area contributed by atoms with Gasteiger partial charge in [-0.2, -0.15) is 4.98 Å². The summed E-state index contributed by atoms with van der Waals surface area (Å²) in [6.07, 6.45) is 2.93. The van der Waals surface area contributed by atoms with Crippen LogP contribution >= 0.6 is 11.6 Å². The number of allylic oxidation sites excluding steroid dienone is 1. The largest absolute Gasteiger partial charge is 0.459 e. The Kier molecular flexibility index (Phi) is 8.22. The van der Waals surface area contributed by atoms with E-state index >= 15 is 0 Å². The minimum absolute atomic E-state index is 0.000335. The molecule has 37 heavy (non-hydrogen) atoms. The van der Waals surface area contributed by atoms with E-state index in [4.69, 9.17) is 25.6 Å². The number of carbonyl (C=O) groups excluding carboxylic acids is 1. The van der Waals surface area contributed by atoms with Crippen LogP contribution in [0.15, 0.2) is 58.1 Å². The van der Waals surface area contributed by atoms with Gasteiger partial charge in [0.2, 0.25) is 5.82 Å². The highest BCUT2D eigenvalue weighted by molar-refractivity contribution is 6.25. The van der Waals surface area contributed by atoms with Gasteiger partial charge in [-0.05, 0) is 62.1 Å². The molecule has 2 heterocycles. The van der Waals surface area contributed by atoms with Crippen LogP contribution in [0.3, 0.4) is 0 Å². The molecule has 1 N–H and O–H groups in total. The topological polar surface area (TPSA) is 98.8 Å². The van der Waals surface area contributed by atoms with Crippen LogP contribution in [0.25, 0.3) is 28.2 Å². The molecule has 1 aliphatic heterocycles. The first-order chi connectivity index (χ1) is 17.6. The number of aromatic nitrogens is 2. The number of carbonyl (C=O) groups is 1. The second-order valence-electron chi connectivity index (χ2n) is 9.80. The van der Waals surface area contributed by atoms with Gasteiger partial charge in [-0.25, -0.2) is 0 Å². The van der Waals surface area contributed by atoms with Crippen LogP contribution in [0.1, 0.15) is 37.7 Å². The molecule has 3 aromatic rings. The average Bonchev–Trinajstić information content (AvgIpc) is 3.33. The minimum atomic E-state index is -0.552. The van der Waals surface area contributed by atoms with Gasteiger partial charge in [-0.1, -0.05) is 41.6 Å². The molecule has 0 amide bonds. The first-order valence-corrected chi connectivity index (χ1v) is 12.4. The summed E-state index contributed by atoms with van der Waals surface area (Å²) in [4.78, 5) is 21.0. The molecule has 1 aliphatic rings. The van der Waals surface area contributed by atoms with Crippen molar-refractivity contribution in [2.45, 2.75) is 51.4 Å². The number of rotatable bonds is 8. The molecule has 194 valence electrons. The fourth-order valence-corrected chi connectivity index (χ4v) is 4.30. The number of methoxy groups -OCH3 is 1. The van der Waals surface area contributed by atoms with Crippen LogP contribution < -0.4 is 5.32 Å². The highest BCUT2D eigenvalue weighted by Crippen LogP contribution is 2.31. The molecule has 0 bridgehead atoms. The van der Waals surface area contributed by atoms with Crippen molar-refractivity contribution in [1.29, 1.82) is 0 Å². The third-order valence-electron chi connectivity index (χ3n) is 5.66. The van der Waals surface area contributed by atoms with Crippen molar-refractivity contribution < 1.29 is 18.8 Å². The Hall–Kier alpha value is -3.33. The van der Waals surface area contributed by atoms with Crippen LogP contribution in [-0.2, 0) is 20.9 Å². The molecule has 0 fully saturated rings. The zero-order valence-corrected chi connectivity index (χ0v) is 22.4. The molecule has 2 aromatic carbocycles. The van der Waals surface area contributed by atoms with Gasteiger partial charge < -0.3 is 14.0 Å². The first-order valence-electron chi connectivity index (χ1n) is 12.0. The van der Waals surface area contributed by atoms with Gasteiger partial charge in [0, 0.05) is 24.5 Å². The van der Waals surface area contributed by atoms with E-state index in [-0.39, 0.29) is 12.5 Å². The van der Waals surface area contributed by atoms with E-state index in [1.807, 2.05) is 51.1 Å². The van der Waals surface area contributed by atoms with Crippen LogP contribution in [0.5, 0.6) is 0 Å². The van der Waals surface area contributed by atoms with E-state index in [1.165, 1.54) is 5.56 Å². The molecule has 2 unspecified atom stereocenters. The van der Waals surface area contributed by atoms with E-state index in [0.29, 0.717) is 23.9 Å². The van der Waals surface area contributed by atoms with Crippen molar-refractivity contribution in [1.82, 2.24) is 15.5 Å². The number of nitrogens with one attached hydrogen (secondary N) is 1. The molecule has 4 rings (SSSR count). The third-order valence-corrected chi connectivity index (χ3v) is 6.03. The smallest absolute Gasteiger partial charge is 0.320 e. The maximum atomic E-state index is 12.0. The van der Waals surface area contributed by atoms with Gasteiger partial charge in [-0.15, -0.1) is 11.6 Å². The minimum Gasteiger partial charge on any atom is -0.459 e. The van der Waals surface area contributed by atoms with Crippen molar-refractivity contribution in [3.8, 4) is 22.6 Å². The standard InChI is InChI=1S/C28H31ClN4O4/c1-17-8-6-7-9-21(17)22-11-10-18(12-20(22)16-35-5)27-32-25(33-37-27)19-13-23(29)26(30-14-19)31-15-24(34)36-28(2,3)4/h6-14,23,26,31H,15-16H2,1-5H3. The first kappa shape index (κ1) is 26.7. The number of aryl methyl sites for hydroxylation is 1. The summed E-state index contributed by atoms with van der Waals surface area (Å²) in [5.74, 6) is 0.394. The second-order valence-corrected chi connectivity index (χ2v) is 10.3. The van der Waals surface area contributed by atoms with Crippen LogP contribution in [0.4, 0.5) is 0 Å². The van der Waals surface area contributed by atoms with Crippen LogP contribution in [0, 0.1) is 6.92 Å². The molecule has 0 radical (unpaired) electrons. The Morgan fingerprint density at radius 1 is 1.16 bits per heavy atom. The second kappa shape index (κ2) is 11.4. The number of hydrogen-bond acceptors (Lipinski definition) is 8. The van der Waals surface area contributed by atoms with Crippen molar-refractivity contribution >= 4 is 29.4 Å². The van der Waals surface area contributed by atoms with Gasteiger partial charge in [0.05, 0.1) is 18.5 Å². The lowest BCUT2D eigenvalue weighted by Crippen LogP contribution is -2.41. The molecule has 9 heteroatoms. The molecule has 1 aromatic heterocycles. The lowest BCUT2D eigenvalue weighted by Gasteiger charge is -2.23. The number of hydrogen-bond donors (Lipinski definition) is 1. The van der Waals surface area contributed by atoms with Gasteiger partial charge in [0.1, 0.15) is 11.8 Å². The number of ether oxygens (including phenoxy) is 2. The Morgan fingerprint density at radius 2 is 1.95 bits per heavy atom. The predicted molar refractivity (Wildman–Crippen MR) is 144 cm³/mol. The summed E-state index contributed by atoms with van der Waals surface area (Å²) in [6, 6.07) is 14.3. The average molecular weight is 523 g/mol. The summed E-state index contributed by atoms with van der Waals surface area (Å²) in [5.41, 5.74) is 5.33. The molecule has 0 saturated carbocycles. The number of esters is 1. The number of dihydropyridines is 1. The SMILES string of the molecule is COCc1cc(-c2nc(C3=CC(Cl)C(NCC(=O)OC(C)(C)C)N=C3)no2)ccc1-c1ccccc1C. The normalized spacial score (nSPS) is 17.5. The zero-order chi connectivity index (χ0) is 26.6. The summed E-state index contributed by atoms with van der Waals surface area (Å²) in [6.45, 7) is 7.99. The van der Waals surface area contributed by atoms with Crippen molar-refractivity contribution in [3.05, 3.63) is 65.5 Å². The van der Waals surface area contributed by atoms with Crippen molar-refractivity contribution in [3.63, 3.8) is 0 Å². The van der Waals surface area contributed by atoms with Gasteiger partial charge in [-0.3, -0.25) is 15.1 Å². The van der Waals surface area contributed by atoms with Crippen LogP contribution in [-0.4, -0.2) is 53.1 Å². The Labute approximate surface area is 221 Å². The lowest BCUT2D eigenvalue weighted by atomic mass is 9.94. The maximum Gasteiger partial charge on any atom is 0.320 e.